The summed E-state index contributed by atoms with van der Waals surface area (Å²) < 4.78 is 0. The van der Waals surface area contributed by atoms with E-state index in [2.05, 4.69) is 15.2 Å². The number of rotatable bonds is 3. The molecule has 6 nitrogen and oxygen atoms in total. The Morgan fingerprint density at radius 2 is 2.13 bits per heavy atom. The standard InChI is InChI=1S/C17H20N4O2/c22-15-10-21(9-12(15)8-11-4-6-18-7-5-11)17(23)16-13-2-1-3-14(13)19-20-16/h4-7,12,15,22H,1-3,8-10H2,(H,19,20). The average molecular weight is 312 g/mol. The van der Waals surface area contributed by atoms with Gasteiger partial charge in [0, 0.05) is 42.7 Å². The summed E-state index contributed by atoms with van der Waals surface area (Å²) in [6, 6.07) is 3.91. The molecule has 1 aliphatic heterocycles. The molecule has 0 spiro atoms. The first-order chi connectivity index (χ1) is 11.2. The van der Waals surface area contributed by atoms with E-state index >= 15 is 0 Å². The highest BCUT2D eigenvalue weighted by atomic mass is 16.3. The van der Waals surface area contributed by atoms with Gasteiger partial charge in [0.15, 0.2) is 5.69 Å². The fraction of sp³-hybridized carbons (Fsp3) is 0.471. The van der Waals surface area contributed by atoms with E-state index in [1.165, 1.54) is 0 Å². The molecule has 4 rings (SSSR count). The molecule has 2 aromatic rings. The molecule has 0 aromatic carbocycles. The van der Waals surface area contributed by atoms with Gasteiger partial charge in [0.1, 0.15) is 0 Å². The van der Waals surface area contributed by atoms with Gasteiger partial charge < -0.3 is 10.0 Å². The Morgan fingerprint density at radius 3 is 2.96 bits per heavy atom. The minimum atomic E-state index is -0.487. The number of pyridine rings is 1. The van der Waals surface area contributed by atoms with Crippen molar-refractivity contribution in [1.82, 2.24) is 20.1 Å². The van der Waals surface area contributed by atoms with Gasteiger partial charge in [-0.25, -0.2) is 0 Å². The zero-order valence-corrected chi connectivity index (χ0v) is 12.9. The van der Waals surface area contributed by atoms with Crippen molar-refractivity contribution >= 4 is 5.91 Å². The van der Waals surface area contributed by atoms with Crippen molar-refractivity contribution in [1.29, 1.82) is 0 Å². The molecule has 1 amide bonds. The van der Waals surface area contributed by atoms with E-state index < -0.39 is 6.10 Å². The van der Waals surface area contributed by atoms with Crippen LogP contribution in [0.2, 0.25) is 0 Å². The van der Waals surface area contributed by atoms with Gasteiger partial charge in [-0.2, -0.15) is 5.10 Å². The molecule has 2 aromatic heterocycles. The second-order valence-electron chi connectivity index (χ2n) is 6.48. The van der Waals surface area contributed by atoms with E-state index in [-0.39, 0.29) is 11.8 Å². The molecule has 23 heavy (non-hydrogen) atoms. The van der Waals surface area contributed by atoms with Crippen molar-refractivity contribution in [2.75, 3.05) is 13.1 Å². The zero-order valence-electron chi connectivity index (χ0n) is 12.9. The summed E-state index contributed by atoms with van der Waals surface area (Å²) >= 11 is 0. The van der Waals surface area contributed by atoms with Crippen LogP contribution in [0.4, 0.5) is 0 Å². The van der Waals surface area contributed by atoms with Crippen molar-refractivity contribution in [3.05, 3.63) is 47.0 Å². The van der Waals surface area contributed by atoms with E-state index in [1.807, 2.05) is 12.1 Å². The monoisotopic (exact) mass is 312 g/mol. The van der Waals surface area contributed by atoms with Crippen LogP contribution in [-0.2, 0) is 19.3 Å². The second-order valence-corrected chi connectivity index (χ2v) is 6.48. The topological polar surface area (TPSA) is 82.1 Å². The lowest BCUT2D eigenvalue weighted by atomic mass is 9.97. The van der Waals surface area contributed by atoms with Crippen LogP contribution in [0.1, 0.15) is 33.7 Å². The summed E-state index contributed by atoms with van der Waals surface area (Å²) in [5, 5.41) is 17.5. The first-order valence-corrected chi connectivity index (χ1v) is 8.14. The van der Waals surface area contributed by atoms with Gasteiger partial charge in [0.2, 0.25) is 0 Å². The number of amides is 1. The Labute approximate surface area is 134 Å². The van der Waals surface area contributed by atoms with Crippen LogP contribution in [0, 0.1) is 5.92 Å². The molecule has 1 fully saturated rings. The number of hydrogen-bond donors (Lipinski definition) is 2. The molecule has 2 aliphatic rings. The van der Waals surface area contributed by atoms with E-state index in [0.717, 1.165) is 42.5 Å². The molecule has 2 unspecified atom stereocenters. The molecule has 1 aliphatic carbocycles. The van der Waals surface area contributed by atoms with Crippen LogP contribution in [-0.4, -0.2) is 50.3 Å². The Balaban J connectivity index is 1.47. The molecule has 1 saturated heterocycles. The molecule has 120 valence electrons. The number of H-pyrrole nitrogens is 1. The van der Waals surface area contributed by atoms with Gasteiger partial charge in [0.05, 0.1) is 6.10 Å². The summed E-state index contributed by atoms with van der Waals surface area (Å²) in [6.45, 7) is 0.959. The first kappa shape index (κ1) is 14.4. The molecule has 2 N–H and O–H groups in total. The summed E-state index contributed by atoms with van der Waals surface area (Å²) in [5.74, 6) is 0.00835. The van der Waals surface area contributed by atoms with Crippen LogP contribution in [0.15, 0.2) is 24.5 Å². The van der Waals surface area contributed by atoms with Crippen molar-refractivity contribution in [3.63, 3.8) is 0 Å². The maximum Gasteiger partial charge on any atom is 0.274 e. The summed E-state index contributed by atoms with van der Waals surface area (Å²) in [5.41, 5.74) is 3.86. The number of carbonyl (C=O) groups excluding carboxylic acids is 1. The number of aliphatic hydroxyl groups is 1. The fourth-order valence-corrected chi connectivity index (χ4v) is 3.69. The Morgan fingerprint density at radius 1 is 1.30 bits per heavy atom. The predicted molar refractivity (Wildman–Crippen MR) is 84.0 cm³/mol. The van der Waals surface area contributed by atoms with E-state index in [0.29, 0.717) is 18.8 Å². The van der Waals surface area contributed by atoms with Crippen molar-refractivity contribution in [3.8, 4) is 0 Å². The molecule has 0 radical (unpaired) electrons. The Kier molecular flexibility index (Phi) is 3.61. The number of β-amino-alcohol motifs (C(OH)–C–C–N with tert-alkyl or cyclic N) is 1. The van der Waals surface area contributed by atoms with Crippen LogP contribution in [0.25, 0.3) is 0 Å². The number of aryl methyl sites for hydroxylation is 1. The van der Waals surface area contributed by atoms with Crippen LogP contribution in [0.3, 0.4) is 0 Å². The van der Waals surface area contributed by atoms with Gasteiger partial charge in [0.25, 0.3) is 5.91 Å². The number of hydrogen-bond acceptors (Lipinski definition) is 4. The second kappa shape index (κ2) is 5.77. The summed E-state index contributed by atoms with van der Waals surface area (Å²) in [6.07, 6.45) is 6.76. The van der Waals surface area contributed by atoms with Crippen LogP contribution >= 0.6 is 0 Å². The first-order valence-electron chi connectivity index (χ1n) is 8.14. The lowest BCUT2D eigenvalue weighted by Gasteiger charge is -2.15. The molecular formula is C17H20N4O2. The Bertz CT molecular complexity index is 713. The molecule has 2 atom stereocenters. The van der Waals surface area contributed by atoms with Crippen molar-refractivity contribution in [2.24, 2.45) is 5.92 Å². The highest BCUT2D eigenvalue weighted by Crippen LogP contribution is 2.27. The molecule has 0 bridgehead atoms. The lowest BCUT2D eigenvalue weighted by molar-refractivity contribution is 0.0758. The van der Waals surface area contributed by atoms with E-state index in [1.54, 1.807) is 17.3 Å². The summed E-state index contributed by atoms with van der Waals surface area (Å²) in [4.78, 5) is 18.5. The van der Waals surface area contributed by atoms with Gasteiger partial charge >= 0.3 is 0 Å². The number of aliphatic hydroxyl groups excluding tert-OH is 1. The van der Waals surface area contributed by atoms with Crippen molar-refractivity contribution in [2.45, 2.75) is 31.8 Å². The van der Waals surface area contributed by atoms with Crippen LogP contribution in [0.5, 0.6) is 0 Å². The number of nitrogens with one attached hydrogen (secondary N) is 1. The number of nitrogens with zero attached hydrogens (tertiary/aromatic N) is 3. The minimum absolute atomic E-state index is 0.0549. The van der Waals surface area contributed by atoms with Gasteiger partial charge in [-0.15, -0.1) is 0 Å². The van der Waals surface area contributed by atoms with Gasteiger partial charge in [-0.05, 0) is 43.4 Å². The fourth-order valence-electron chi connectivity index (χ4n) is 3.69. The Hall–Kier alpha value is -2.21. The quantitative estimate of drug-likeness (QED) is 0.885. The smallest absolute Gasteiger partial charge is 0.274 e. The minimum Gasteiger partial charge on any atom is -0.391 e. The average Bonchev–Trinajstić information content (AvgIpc) is 3.24. The summed E-state index contributed by atoms with van der Waals surface area (Å²) in [7, 11) is 0. The third-order valence-corrected chi connectivity index (χ3v) is 4.95. The number of aromatic amines is 1. The lowest BCUT2D eigenvalue weighted by Crippen LogP contribution is -2.30. The normalized spacial score (nSPS) is 23.3. The third kappa shape index (κ3) is 2.63. The third-order valence-electron chi connectivity index (χ3n) is 4.95. The predicted octanol–water partition coefficient (Wildman–Crippen LogP) is 0.969. The molecule has 6 heteroatoms. The van der Waals surface area contributed by atoms with Gasteiger partial charge in [-0.1, -0.05) is 0 Å². The maximum absolute atomic E-state index is 12.7. The largest absolute Gasteiger partial charge is 0.391 e. The van der Waals surface area contributed by atoms with E-state index in [9.17, 15) is 9.90 Å². The molecule has 0 saturated carbocycles. The number of fused-ring (bicyclic) bond motifs is 1. The SMILES string of the molecule is O=C(c1n[nH]c2c1CCC2)N1CC(O)C(Cc2ccncc2)C1. The number of aromatic nitrogens is 3. The van der Waals surface area contributed by atoms with E-state index in [4.69, 9.17) is 0 Å². The zero-order chi connectivity index (χ0) is 15.8. The number of likely N-dealkylation sites (tertiary alicyclic amines) is 1. The maximum atomic E-state index is 12.7. The highest BCUT2D eigenvalue weighted by molar-refractivity contribution is 5.94. The molecule has 3 heterocycles. The van der Waals surface area contributed by atoms with Gasteiger partial charge in [-0.3, -0.25) is 14.9 Å². The highest BCUT2D eigenvalue weighted by Gasteiger charge is 2.36. The van der Waals surface area contributed by atoms with Crippen molar-refractivity contribution < 1.29 is 9.90 Å². The van der Waals surface area contributed by atoms with Crippen LogP contribution < -0.4 is 0 Å². The molecular weight excluding hydrogens is 292 g/mol. The number of carbonyl (C=O) groups is 1.